The van der Waals surface area contributed by atoms with Gasteiger partial charge in [0.2, 0.25) is 17.7 Å². The van der Waals surface area contributed by atoms with E-state index < -0.39 is 17.4 Å². The van der Waals surface area contributed by atoms with Gasteiger partial charge in [0.1, 0.15) is 5.54 Å². The van der Waals surface area contributed by atoms with Crippen molar-refractivity contribution in [1.82, 2.24) is 4.90 Å². The molecule has 4 aliphatic heterocycles. The average Bonchev–Trinajstić information content (AvgIpc) is 3.39. The molecule has 4 heterocycles. The predicted octanol–water partition coefficient (Wildman–Crippen LogP) is 3.04. The van der Waals surface area contributed by atoms with Crippen molar-refractivity contribution in [3.8, 4) is 0 Å². The van der Waals surface area contributed by atoms with E-state index in [0.29, 0.717) is 5.69 Å². The van der Waals surface area contributed by atoms with Gasteiger partial charge in [-0.1, -0.05) is 23.8 Å². The van der Waals surface area contributed by atoms with Crippen molar-refractivity contribution in [3.05, 3.63) is 58.7 Å². The number of nitrogens with one attached hydrogen (secondary N) is 1. The van der Waals surface area contributed by atoms with Gasteiger partial charge in [-0.3, -0.25) is 19.3 Å². The van der Waals surface area contributed by atoms with Crippen LogP contribution in [0.25, 0.3) is 0 Å². The summed E-state index contributed by atoms with van der Waals surface area (Å²) < 4.78 is 0. The van der Waals surface area contributed by atoms with E-state index >= 15 is 0 Å². The SMILES string of the molecule is Cc1cc(C)cc(N2C(=O)[C@H]3[C@@H](C2=O)[C@@]2(C(=O)Nc4ccc(C)cc42)N2CCC[C@@H]32)c1. The maximum Gasteiger partial charge on any atom is 0.250 e. The second kappa shape index (κ2) is 6.04. The summed E-state index contributed by atoms with van der Waals surface area (Å²) in [6, 6.07) is 11.6. The second-order valence-electron chi connectivity index (χ2n) is 9.53. The van der Waals surface area contributed by atoms with Crippen LogP contribution in [0.3, 0.4) is 0 Å². The van der Waals surface area contributed by atoms with Crippen molar-refractivity contribution in [2.75, 3.05) is 16.8 Å². The van der Waals surface area contributed by atoms with Gasteiger partial charge in [0.15, 0.2) is 0 Å². The van der Waals surface area contributed by atoms with Gasteiger partial charge in [-0.25, -0.2) is 4.90 Å². The van der Waals surface area contributed by atoms with Gasteiger partial charge in [-0.05, 0) is 69.5 Å². The molecule has 3 saturated heterocycles. The highest BCUT2D eigenvalue weighted by Gasteiger charge is 2.74. The third kappa shape index (κ3) is 2.18. The first kappa shape index (κ1) is 18.8. The lowest BCUT2D eigenvalue weighted by Gasteiger charge is -2.36. The fourth-order valence-electron chi connectivity index (χ4n) is 6.65. The molecule has 0 saturated carbocycles. The summed E-state index contributed by atoms with van der Waals surface area (Å²) in [5, 5.41) is 3.03. The highest BCUT2D eigenvalue weighted by Crippen LogP contribution is 2.60. The molecule has 1 N–H and O–H groups in total. The molecule has 6 heteroatoms. The van der Waals surface area contributed by atoms with Crippen LogP contribution < -0.4 is 10.2 Å². The Hall–Kier alpha value is -2.99. The quantitative estimate of drug-likeness (QED) is 0.727. The lowest BCUT2D eigenvalue weighted by molar-refractivity contribution is -0.135. The molecule has 4 atom stereocenters. The second-order valence-corrected chi connectivity index (χ2v) is 9.53. The van der Waals surface area contributed by atoms with E-state index in [-0.39, 0.29) is 23.8 Å². The van der Waals surface area contributed by atoms with Crippen LogP contribution in [0.4, 0.5) is 11.4 Å². The van der Waals surface area contributed by atoms with Gasteiger partial charge in [-0.15, -0.1) is 0 Å². The number of rotatable bonds is 1. The number of aryl methyl sites for hydroxylation is 3. The van der Waals surface area contributed by atoms with E-state index in [0.717, 1.165) is 47.3 Å². The molecule has 2 aromatic carbocycles. The molecule has 0 aromatic heterocycles. The summed E-state index contributed by atoms with van der Waals surface area (Å²) in [7, 11) is 0. The molecule has 6 nitrogen and oxygen atoms in total. The Morgan fingerprint density at radius 1 is 0.935 bits per heavy atom. The standard InChI is InChI=1S/C25H25N3O3/c1-13-6-7-18-17(12-13)25(24(31)26-18)21-20(19-5-4-8-27(19)25)22(29)28(23(21)30)16-10-14(2)9-15(3)11-16/h6-7,9-12,19-21H,4-5,8H2,1-3H3,(H,26,31)/t19-,20+,21-,25-/m0/s1. The molecule has 3 fully saturated rings. The van der Waals surface area contributed by atoms with Crippen molar-refractivity contribution in [2.24, 2.45) is 11.8 Å². The summed E-state index contributed by atoms with van der Waals surface area (Å²) in [5.41, 5.74) is 4.16. The predicted molar refractivity (Wildman–Crippen MR) is 117 cm³/mol. The molecular weight excluding hydrogens is 390 g/mol. The van der Waals surface area contributed by atoms with Crippen LogP contribution in [0.1, 0.15) is 35.1 Å². The molecule has 6 rings (SSSR count). The number of amides is 3. The molecule has 31 heavy (non-hydrogen) atoms. The van der Waals surface area contributed by atoms with E-state index in [1.807, 2.05) is 57.2 Å². The number of nitrogens with zero attached hydrogens (tertiary/aromatic N) is 2. The lowest BCUT2D eigenvalue weighted by Crippen LogP contribution is -2.54. The molecule has 0 bridgehead atoms. The fourth-order valence-corrected chi connectivity index (χ4v) is 6.65. The Morgan fingerprint density at radius 3 is 2.42 bits per heavy atom. The van der Waals surface area contributed by atoms with Gasteiger partial charge in [0, 0.05) is 17.3 Å². The molecular formula is C25H25N3O3. The zero-order valence-corrected chi connectivity index (χ0v) is 17.9. The number of benzene rings is 2. The minimum absolute atomic E-state index is 0.0884. The van der Waals surface area contributed by atoms with Crippen LogP contribution in [0.2, 0.25) is 0 Å². The van der Waals surface area contributed by atoms with E-state index in [1.165, 1.54) is 4.90 Å². The number of imide groups is 1. The number of hydrogen-bond acceptors (Lipinski definition) is 4. The van der Waals surface area contributed by atoms with Gasteiger partial charge >= 0.3 is 0 Å². The first-order valence-electron chi connectivity index (χ1n) is 11.0. The van der Waals surface area contributed by atoms with Crippen LogP contribution in [-0.4, -0.2) is 35.2 Å². The largest absolute Gasteiger partial charge is 0.324 e. The fraction of sp³-hybridized carbons (Fsp3) is 0.400. The highest BCUT2D eigenvalue weighted by molar-refractivity contribution is 6.25. The van der Waals surface area contributed by atoms with Crippen LogP contribution >= 0.6 is 0 Å². The highest BCUT2D eigenvalue weighted by atomic mass is 16.2. The molecule has 2 aromatic rings. The van der Waals surface area contributed by atoms with Crippen molar-refractivity contribution >= 4 is 29.1 Å². The molecule has 3 amide bonds. The third-order valence-electron chi connectivity index (χ3n) is 7.61. The third-order valence-corrected chi connectivity index (χ3v) is 7.61. The molecule has 0 aliphatic carbocycles. The zero-order chi connectivity index (χ0) is 21.7. The van der Waals surface area contributed by atoms with Gasteiger partial charge in [0.25, 0.3) is 0 Å². The number of anilines is 2. The molecule has 158 valence electrons. The summed E-state index contributed by atoms with van der Waals surface area (Å²) in [6.07, 6.45) is 1.76. The maximum absolute atomic E-state index is 14.0. The molecule has 0 radical (unpaired) electrons. The first-order valence-corrected chi connectivity index (χ1v) is 11.0. The Kier molecular flexibility index (Phi) is 3.65. The first-order chi connectivity index (χ1) is 14.8. The smallest absolute Gasteiger partial charge is 0.250 e. The van der Waals surface area contributed by atoms with Crippen molar-refractivity contribution in [1.29, 1.82) is 0 Å². The molecule has 4 aliphatic rings. The van der Waals surface area contributed by atoms with Gasteiger partial charge in [0.05, 0.1) is 17.5 Å². The summed E-state index contributed by atoms with van der Waals surface area (Å²) in [4.78, 5) is 44.8. The van der Waals surface area contributed by atoms with Crippen molar-refractivity contribution < 1.29 is 14.4 Å². The lowest BCUT2D eigenvalue weighted by atomic mass is 9.75. The average molecular weight is 415 g/mol. The van der Waals surface area contributed by atoms with Crippen LogP contribution in [-0.2, 0) is 19.9 Å². The summed E-state index contributed by atoms with van der Waals surface area (Å²) in [5.74, 6) is -1.78. The summed E-state index contributed by atoms with van der Waals surface area (Å²) >= 11 is 0. The van der Waals surface area contributed by atoms with Crippen LogP contribution in [0.15, 0.2) is 36.4 Å². The minimum atomic E-state index is -1.10. The van der Waals surface area contributed by atoms with Gasteiger partial charge < -0.3 is 5.32 Å². The number of hydrogen-bond donors (Lipinski definition) is 1. The van der Waals surface area contributed by atoms with Crippen molar-refractivity contribution in [2.45, 2.75) is 45.2 Å². The van der Waals surface area contributed by atoms with E-state index in [4.69, 9.17) is 0 Å². The zero-order valence-electron chi connectivity index (χ0n) is 17.9. The van der Waals surface area contributed by atoms with E-state index in [2.05, 4.69) is 10.2 Å². The van der Waals surface area contributed by atoms with Crippen LogP contribution in [0, 0.1) is 32.6 Å². The Labute approximate surface area is 181 Å². The Morgan fingerprint density at radius 2 is 1.68 bits per heavy atom. The number of carbonyl (C=O) groups is 3. The van der Waals surface area contributed by atoms with E-state index in [9.17, 15) is 14.4 Å². The number of carbonyl (C=O) groups excluding carboxylic acids is 3. The molecule has 1 spiro atoms. The maximum atomic E-state index is 14.0. The topological polar surface area (TPSA) is 69.7 Å². The summed E-state index contributed by atoms with van der Waals surface area (Å²) in [6.45, 7) is 6.65. The Balaban J connectivity index is 1.57. The Bertz CT molecular complexity index is 1170. The monoisotopic (exact) mass is 415 g/mol. The molecule has 0 unspecified atom stereocenters. The van der Waals surface area contributed by atoms with Crippen molar-refractivity contribution in [3.63, 3.8) is 0 Å². The van der Waals surface area contributed by atoms with Crippen LogP contribution in [0.5, 0.6) is 0 Å². The number of fused-ring (bicyclic) bond motifs is 7. The normalized spacial score (nSPS) is 31.4. The minimum Gasteiger partial charge on any atom is -0.324 e. The van der Waals surface area contributed by atoms with E-state index in [1.54, 1.807) is 0 Å². The van der Waals surface area contributed by atoms with Gasteiger partial charge in [-0.2, -0.15) is 0 Å².